The highest BCUT2D eigenvalue weighted by molar-refractivity contribution is 5.97. The predicted molar refractivity (Wildman–Crippen MR) is 47.0 cm³/mol. The molecule has 0 atom stereocenters. The highest BCUT2D eigenvalue weighted by Gasteiger charge is 2.24. The number of hydrogen-bond donors (Lipinski definition) is 1. The molecule has 0 aromatic carbocycles. The van der Waals surface area contributed by atoms with Crippen molar-refractivity contribution in [2.75, 3.05) is 7.11 Å². The van der Waals surface area contributed by atoms with Crippen LogP contribution in [0.2, 0.25) is 0 Å². The molecule has 0 fully saturated rings. The molecule has 0 aliphatic heterocycles. The number of hydrogen-bond acceptors (Lipinski definition) is 2. The van der Waals surface area contributed by atoms with Gasteiger partial charge >= 0.3 is 5.97 Å². The van der Waals surface area contributed by atoms with Crippen molar-refractivity contribution >= 4 is 5.97 Å². The summed E-state index contributed by atoms with van der Waals surface area (Å²) in [5.74, 6) is -0.198. The lowest BCUT2D eigenvalue weighted by Gasteiger charge is -1.97. The summed E-state index contributed by atoms with van der Waals surface area (Å²) in [7, 11) is 1.56. The molecule has 0 heterocycles. The minimum absolute atomic E-state index is 0.332. The van der Waals surface area contributed by atoms with Gasteiger partial charge in [0.2, 0.25) is 0 Å². The van der Waals surface area contributed by atoms with Crippen molar-refractivity contribution < 1.29 is 14.6 Å². The van der Waals surface area contributed by atoms with Crippen LogP contribution < -0.4 is 0 Å². The molecule has 0 bridgehead atoms. The van der Waals surface area contributed by atoms with E-state index in [1.807, 2.05) is 6.08 Å². The minimum Gasteiger partial charge on any atom is -0.497 e. The van der Waals surface area contributed by atoms with Crippen LogP contribution in [0.5, 0.6) is 0 Å². The van der Waals surface area contributed by atoms with E-state index in [0.29, 0.717) is 11.3 Å². The van der Waals surface area contributed by atoms with Gasteiger partial charge in [-0.2, -0.15) is 0 Å². The normalized spacial score (nSPS) is 18.5. The molecular formula is C10H8O3. The van der Waals surface area contributed by atoms with Crippen LogP contribution in [0.25, 0.3) is 0 Å². The fraction of sp³-hybridized carbons (Fsp3) is 0.100. The van der Waals surface area contributed by atoms with Gasteiger partial charge in [0.1, 0.15) is 5.76 Å². The molecule has 3 nitrogen and oxygen atoms in total. The number of methoxy groups -OCH3 is 1. The first-order chi connectivity index (χ1) is 6.22. The van der Waals surface area contributed by atoms with Gasteiger partial charge in [-0.15, -0.1) is 0 Å². The zero-order chi connectivity index (χ0) is 9.42. The minimum atomic E-state index is -0.900. The molecule has 2 aliphatic carbocycles. The third-order valence-corrected chi connectivity index (χ3v) is 2.08. The molecule has 0 radical (unpaired) electrons. The average Bonchev–Trinajstić information content (AvgIpc) is 2.59. The van der Waals surface area contributed by atoms with Gasteiger partial charge < -0.3 is 9.84 Å². The first-order valence-corrected chi connectivity index (χ1v) is 3.86. The van der Waals surface area contributed by atoms with Crippen LogP contribution in [0.3, 0.4) is 0 Å². The molecule has 0 unspecified atom stereocenters. The zero-order valence-corrected chi connectivity index (χ0v) is 7.07. The summed E-state index contributed by atoms with van der Waals surface area (Å²) in [4.78, 5) is 10.7. The van der Waals surface area contributed by atoms with Gasteiger partial charge in [-0.05, 0) is 29.4 Å². The summed E-state index contributed by atoms with van der Waals surface area (Å²) in [5.41, 5.74) is 1.98. The maximum atomic E-state index is 10.7. The van der Waals surface area contributed by atoms with Crippen LogP contribution in [0.15, 0.2) is 46.8 Å². The quantitative estimate of drug-likeness (QED) is 0.691. The maximum absolute atomic E-state index is 10.7. The molecule has 0 amide bonds. The van der Waals surface area contributed by atoms with Gasteiger partial charge in [-0.3, -0.25) is 0 Å². The predicted octanol–water partition coefficient (Wildman–Crippen LogP) is 1.41. The van der Waals surface area contributed by atoms with E-state index in [2.05, 4.69) is 0 Å². The molecule has 0 saturated carbocycles. The number of fused-ring (bicyclic) bond motifs is 1. The van der Waals surface area contributed by atoms with Crippen LogP contribution in [-0.4, -0.2) is 18.2 Å². The topological polar surface area (TPSA) is 46.5 Å². The van der Waals surface area contributed by atoms with E-state index in [1.54, 1.807) is 25.3 Å². The Hall–Kier alpha value is -1.77. The van der Waals surface area contributed by atoms with Crippen molar-refractivity contribution in [3.8, 4) is 0 Å². The smallest absolute Gasteiger partial charge is 0.336 e. The Bertz CT molecular complexity index is 394. The molecule has 1 N–H and O–H groups in total. The summed E-state index contributed by atoms with van der Waals surface area (Å²) in [6.07, 6.45) is 6.94. The fourth-order valence-electron chi connectivity index (χ4n) is 1.44. The molecule has 0 spiro atoms. The highest BCUT2D eigenvalue weighted by Crippen LogP contribution is 2.34. The number of allylic oxidation sites excluding steroid dienone is 5. The van der Waals surface area contributed by atoms with E-state index >= 15 is 0 Å². The summed E-state index contributed by atoms with van der Waals surface area (Å²) in [6, 6.07) is 0. The van der Waals surface area contributed by atoms with Crippen LogP contribution >= 0.6 is 0 Å². The van der Waals surface area contributed by atoms with Gasteiger partial charge in [0.15, 0.2) is 0 Å². The van der Waals surface area contributed by atoms with Gasteiger partial charge in [0, 0.05) is 0 Å². The third kappa shape index (κ3) is 1.09. The Balaban J connectivity index is 2.35. The van der Waals surface area contributed by atoms with E-state index in [-0.39, 0.29) is 0 Å². The lowest BCUT2D eigenvalue weighted by atomic mass is 10.1. The number of ether oxygens (including phenoxy) is 1. The van der Waals surface area contributed by atoms with Crippen molar-refractivity contribution in [1.29, 1.82) is 0 Å². The van der Waals surface area contributed by atoms with Crippen LogP contribution in [0.4, 0.5) is 0 Å². The van der Waals surface area contributed by atoms with Crippen LogP contribution in [0, 0.1) is 0 Å². The number of carboxylic acid groups (broad SMARTS) is 1. The lowest BCUT2D eigenvalue weighted by molar-refractivity contribution is -0.132. The van der Waals surface area contributed by atoms with E-state index in [9.17, 15) is 4.79 Å². The number of carbonyl (C=O) groups is 1. The van der Waals surface area contributed by atoms with Crippen molar-refractivity contribution in [2.24, 2.45) is 0 Å². The molecule has 66 valence electrons. The first kappa shape index (κ1) is 7.86. The number of carboxylic acids is 1. The van der Waals surface area contributed by atoms with Crippen molar-refractivity contribution in [3.63, 3.8) is 0 Å². The van der Waals surface area contributed by atoms with E-state index in [4.69, 9.17) is 9.84 Å². The van der Waals surface area contributed by atoms with Gasteiger partial charge in [-0.25, -0.2) is 4.79 Å². The highest BCUT2D eigenvalue weighted by atomic mass is 16.5. The Labute approximate surface area is 75.3 Å². The Kier molecular flexibility index (Phi) is 1.59. The van der Waals surface area contributed by atoms with Crippen molar-refractivity contribution in [2.45, 2.75) is 0 Å². The second kappa shape index (κ2) is 2.62. The molecule has 13 heavy (non-hydrogen) atoms. The molecule has 0 saturated heterocycles. The fourth-order valence-corrected chi connectivity index (χ4v) is 1.44. The van der Waals surface area contributed by atoms with Gasteiger partial charge in [0.25, 0.3) is 0 Å². The zero-order valence-electron chi connectivity index (χ0n) is 7.07. The van der Waals surface area contributed by atoms with E-state index in [0.717, 1.165) is 11.1 Å². The molecule has 2 rings (SSSR count). The number of rotatable bonds is 2. The first-order valence-electron chi connectivity index (χ1n) is 3.86. The maximum Gasteiger partial charge on any atom is 0.336 e. The molecule has 0 aromatic heterocycles. The van der Waals surface area contributed by atoms with Crippen LogP contribution in [-0.2, 0) is 9.53 Å². The van der Waals surface area contributed by atoms with E-state index in [1.165, 1.54) is 0 Å². The standard InChI is InChI=1S/C10H8O3/c1-13-7-4-6-2-3-8(10(11)12)9(6)5-7/h2-5H,1H3,(H,11,12). The van der Waals surface area contributed by atoms with Crippen LogP contribution in [0.1, 0.15) is 0 Å². The Morgan fingerprint density at radius 1 is 1.38 bits per heavy atom. The third-order valence-electron chi connectivity index (χ3n) is 2.08. The molecule has 2 aliphatic rings. The summed E-state index contributed by atoms with van der Waals surface area (Å²) >= 11 is 0. The molecule has 3 heteroatoms. The second-order valence-electron chi connectivity index (χ2n) is 2.82. The number of aliphatic carboxylic acids is 1. The summed E-state index contributed by atoms with van der Waals surface area (Å²) in [6.45, 7) is 0. The summed E-state index contributed by atoms with van der Waals surface area (Å²) < 4.78 is 5.00. The summed E-state index contributed by atoms with van der Waals surface area (Å²) in [5, 5.41) is 8.81. The van der Waals surface area contributed by atoms with Gasteiger partial charge in [-0.1, -0.05) is 6.08 Å². The average molecular weight is 176 g/mol. The monoisotopic (exact) mass is 176 g/mol. The van der Waals surface area contributed by atoms with Crippen molar-refractivity contribution in [3.05, 3.63) is 46.8 Å². The Morgan fingerprint density at radius 2 is 2.15 bits per heavy atom. The lowest BCUT2D eigenvalue weighted by Crippen LogP contribution is -2.00. The van der Waals surface area contributed by atoms with E-state index < -0.39 is 5.97 Å². The second-order valence-corrected chi connectivity index (χ2v) is 2.82. The van der Waals surface area contributed by atoms with Crippen molar-refractivity contribution in [1.82, 2.24) is 0 Å². The SMILES string of the molecule is COC1=CC2=CC=C(C(=O)O)C2=C1. The Morgan fingerprint density at radius 3 is 2.77 bits per heavy atom. The largest absolute Gasteiger partial charge is 0.497 e. The van der Waals surface area contributed by atoms with Gasteiger partial charge in [0.05, 0.1) is 12.7 Å². The molecule has 0 aromatic rings. The molecular weight excluding hydrogens is 168 g/mol.